The van der Waals surface area contributed by atoms with E-state index < -0.39 is 11.8 Å². The van der Waals surface area contributed by atoms with Crippen molar-refractivity contribution in [3.8, 4) is 11.3 Å². The Labute approximate surface area is 201 Å². The van der Waals surface area contributed by atoms with Crippen LogP contribution in [0, 0.1) is 0 Å². The fraction of sp³-hybridized carbons (Fsp3) is 0.160. The fourth-order valence-electron chi connectivity index (χ4n) is 4.05. The van der Waals surface area contributed by atoms with Crippen molar-refractivity contribution in [3.05, 3.63) is 78.2 Å². The Morgan fingerprint density at radius 3 is 2.60 bits per heavy atom. The predicted molar refractivity (Wildman–Crippen MR) is 131 cm³/mol. The van der Waals surface area contributed by atoms with E-state index in [9.17, 15) is 14.4 Å². The Kier molecular flexibility index (Phi) is 5.71. The van der Waals surface area contributed by atoms with Gasteiger partial charge in [-0.1, -0.05) is 18.2 Å². The third kappa shape index (κ3) is 4.46. The fourth-order valence-corrected chi connectivity index (χ4v) is 4.05. The molecule has 10 nitrogen and oxygen atoms in total. The topological polar surface area (TPSA) is 126 Å². The summed E-state index contributed by atoms with van der Waals surface area (Å²) in [5, 5.41) is 7.34. The number of nitrogens with zero attached hydrogens (tertiary/aromatic N) is 5. The van der Waals surface area contributed by atoms with E-state index in [1.54, 1.807) is 39.9 Å². The van der Waals surface area contributed by atoms with E-state index in [-0.39, 0.29) is 11.6 Å². The zero-order valence-electron chi connectivity index (χ0n) is 19.0. The largest absolute Gasteiger partial charge is 0.366 e. The summed E-state index contributed by atoms with van der Waals surface area (Å²) in [6.45, 7) is 1.87. The van der Waals surface area contributed by atoms with Crippen LogP contribution >= 0.6 is 0 Å². The first-order valence-corrected chi connectivity index (χ1v) is 11.0. The molecule has 0 atom stereocenters. The number of likely N-dealkylation sites (N-methyl/N-ethyl adjacent to an activating group) is 1. The molecule has 3 heterocycles. The van der Waals surface area contributed by atoms with E-state index in [0.717, 1.165) is 17.8 Å². The summed E-state index contributed by atoms with van der Waals surface area (Å²) in [7, 11) is 1.93. The van der Waals surface area contributed by atoms with Crippen molar-refractivity contribution in [2.45, 2.75) is 0 Å². The molecule has 2 aromatic heterocycles. The number of rotatable bonds is 5. The number of piperazine rings is 1. The van der Waals surface area contributed by atoms with Gasteiger partial charge in [-0.3, -0.25) is 19.3 Å². The average Bonchev–Trinajstić information content (AvgIpc) is 3.29. The van der Waals surface area contributed by atoms with Crippen molar-refractivity contribution in [1.29, 1.82) is 0 Å². The summed E-state index contributed by atoms with van der Waals surface area (Å²) in [4.78, 5) is 44.8. The van der Waals surface area contributed by atoms with Crippen LogP contribution in [0.2, 0.25) is 0 Å². The lowest BCUT2D eigenvalue weighted by molar-refractivity contribution is -0.120. The van der Waals surface area contributed by atoms with Crippen LogP contribution in [-0.2, 0) is 4.79 Å². The maximum atomic E-state index is 13.0. The van der Waals surface area contributed by atoms with E-state index >= 15 is 0 Å². The van der Waals surface area contributed by atoms with Crippen LogP contribution in [0.25, 0.3) is 16.8 Å². The molecule has 0 bridgehead atoms. The number of benzene rings is 2. The molecule has 3 N–H and O–H groups in total. The van der Waals surface area contributed by atoms with Crippen molar-refractivity contribution in [3.63, 3.8) is 0 Å². The molecule has 3 amide bonds. The molecule has 2 aromatic carbocycles. The minimum Gasteiger partial charge on any atom is -0.366 e. The molecule has 0 aliphatic carbocycles. The van der Waals surface area contributed by atoms with Gasteiger partial charge in [-0.15, -0.1) is 0 Å². The number of fused-ring (bicyclic) bond motifs is 1. The number of carbonyl (C=O) groups is 3. The third-order valence-corrected chi connectivity index (χ3v) is 5.90. The molecule has 10 heteroatoms. The van der Waals surface area contributed by atoms with Gasteiger partial charge in [0, 0.05) is 48.0 Å². The molecule has 0 spiro atoms. The maximum absolute atomic E-state index is 13.0. The summed E-state index contributed by atoms with van der Waals surface area (Å²) in [6, 6.07) is 15.8. The van der Waals surface area contributed by atoms with E-state index in [4.69, 9.17) is 5.73 Å². The van der Waals surface area contributed by atoms with E-state index in [1.807, 2.05) is 36.2 Å². The Morgan fingerprint density at radius 1 is 1.06 bits per heavy atom. The first kappa shape index (κ1) is 22.2. The Balaban J connectivity index is 1.40. The summed E-state index contributed by atoms with van der Waals surface area (Å²) in [5.41, 5.74) is 9.13. The van der Waals surface area contributed by atoms with Crippen molar-refractivity contribution < 1.29 is 14.4 Å². The number of amides is 3. The van der Waals surface area contributed by atoms with Gasteiger partial charge in [-0.25, -0.2) is 9.50 Å². The summed E-state index contributed by atoms with van der Waals surface area (Å²) < 4.78 is 1.59. The van der Waals surface area contributed by atoms with Gasteiger partial charge >= 0.3 is 0 Å². The SMILES string of the molecule is CN1CCN(c2ccc(-c3cc4c(C(=O)Nc5cccc(C(N)=O)c5)nccn4n3)cc2)C(=O)C1. The molecular weight excluding hydrogens is 446 g/mol. The second kappa shape index (κ2) is 8.99. The molecule has 0 unspecified atom stereocenters. The quantitative estimate of drug-likeness (QED) is 0.461. The van der Waals surface area contributed by atoms with Crippen molar-refractivity contribution in [1.82, 2.24) is 19.5 Å². The number of primary amides is 1. The van der Waals surface area contributed by atoms with Crippen molar-refractivity contribution in [2.75, 3.05) is 36.9 Å². The van der Waals surface area contributed by atoms with Crippen LogP contribution < -0.4 is 16.0 Å². The number of carbonyl (C=O) groups excluding carboxylic acids is 3. The van der Waals surface area contributed by atoms with Gasteiger partial charge in [0.2, 0.25) is 11.8 Å². The Hall–Kier alpha value is -4.57. The third-order valence-electron chi connectivity index (χ3n) is 5.90. The molecule has 0 saturated carbocycles. The summed E-state index contributed by atoms with van der Waals surface area (Å²) in [6.07, 6.45) is 3.17. The van der Waals surface area contributed by atoms with Gasteiger partial charge in [0.1, 0.15) is 0 Å². The predicted octanol–water partition coefficient (Wildman–Crippen LogP) is 2.03. The highest BCUT2D eigenvalue weighted by Gasteiger charge is 2.23. The van der Waals surface area contributed by atoms with Crippen molar-refractivity contribution >= 4 is 34.6 Å². The number of aromatic nitrogens is 3. The number of hydrogen-bond acceptors (Lipinski definition) is 6. The lowest BCUT2D eigenvalue weighted by Gasteiger charge is -2.32. The number of anilines is 2. The van der Waals surface area contributed by atoms with E-state index in [0.29, 0.717) is 35.6 Å². The van der Waals surface area contributed by atoms with Gasteiger partial charge in [0.05, 0.1) is 17.8 Å². The average molecular weight is 470 g/mol. The highest BCUT2D eigenvalue weighted by molar-refractivity contribution is 6.08. The molecule has 0 radical (unpaired) electrons. The van der Waals surface area contributed by atoms with Gasteiger partial charge in [0.25, 0.3) is 5.91 Å². The smallest absolute Gasteiger partial charge is 0.276 e. The molecule has 5 rings (SSSR count). The Bertz CT molecular complexity index is 1450. The van der Waals surface area contributed by atoms with Gasteiger partial charge < -0.3 is 16.0 Å². The Morgan fingerprint density at radius 2 is 1.86 bits per heavy atom. The normalized spacial score (nSPS) is 14.3. The monoisotopic (exact) mass is 469 g/mol. The standard InChI is InChI=1S/C25H23N7O3/c1-30-11-12-31(22(33)15-30)19-7-5-16(6-8-19)20-14-21-23(27-9-10-32(21)29-20)25(35)28-18-4-2-3-17(13-18)24(26)34/h2-10,13-14H,11-12,15H2,1H3,(H2,26,34)(H,28,35). The molecule has 1 aliphatic heterocycles. The van der Waals surface area contributed by atoms with Crippen LogP contribution in [-0.4, -0.2) is 63.9 Å². The molecule has 1 fully saturated rings. The van der Waals surface area contributed by atoms with Crippen LogP contribution in [0.15, 0.2) is 67.0 Å². The highest BCUT2D eigenvalue weighted by Crippen LogP contribution is 2.25. The second-order valence-corrected chi connectivity index (χ2v) is 8.36. The lowest BCUT2D eigenvalue weighted by atomic mass is 10.1. The molecule has 1 aliphatic rings. The summed E-state index contributed by atoms with van der Waals surface area (Å²) >= 11 is 0. The van der Waals surface area contributed by atoms with Gasteiger partial charge in [-0.2, -0.15) is 5.10 Å². The summed E-state index contributed by atoms with van der Waals surface area (Å²) in [5.74, 6) is -0.945. The van der Waals surface area contributed by atoms with Crippen LogP contribution in [0.4, 0.5) is 11.4 Å². The van der Waals surface area contributed by atoms with E-state index in [1.165, 1.54) is 12.3 Å². The molecular formula is C25H23N7O3. The molecule has 1 saturated heterocycles. The lowest BCUT2D eigenvalue weighted by Crippen LogP contribution is -2.48. The van der Waals surface area contributed by atoms with E-state index in [2.05, 4.69) is 15.4 Å². The first-order chi connectivity index (χ1) is 16.9. The van der Waals surface area contributed by atoms with Gasteiger partial charge in [0.15, 0.2) is 5.69 Å². The highest BCUT2D eigenvalue weighted by atomic mass is 16.2. The minimum atomic E-state index is -0.579. The second-order valence-electron chi connectivity index (χ2n) is 8.36. The molecule has 35 heavy (non-hydrogen) atoms. The maximum Gasteiger partial charge on any atom is 0.276 e. The van der Waals surface area contributed by atoms with Crippen LogP contribution in [0.1, 0.15) is 20.8 Å². The first-order valence-electron chi connectivity index (χ1n) is 11.0. The molecule has 4 aromatic rings. The number of nitrogens with one attached hydrogen (secondary N) is 1. The zero-order chi connectivity index (χ0) is 24.5. The number of hydrogen-bond donors (Lipinski definition) is 2. The van der Waals surface area contributed by atoms with Crippen molar-refractivity contribution in [2.24, 2.45) is 5.73 Å². The van der Waals surface area contributed by atoms with Crippen LogP contribution in [0.5, 0.6) is 0 Å². The minimum absolute atomic E-state index is 0.0716. The van der Waals surface area contributed by atoms with Crippen LogP contribution in [0.3, 0.4) is 0 Å². The number of nitrogens with two attached hydrogens (primary N) is 1. The van der Waals surface area contributed by atoms with Gasteiger partial charge in [-0.05, 0) is 43.4 Å². The molecule has 176 valence electrons. The zero-order valence-corrected chi connectivity index (χ0v) is 19.0.